The summed E-state index contributed by atoms with van der Waals surface area (Å²) >= 11 is 0. The van der Waals surface area contributed by atoms with Crippen LogP contribution in [-0.2, 0) is 0 Å². The van der Waals surface area contributed by atoms with Crippen molar-refractivity contribution in [2.75, 3.05) is 33.1 Å². The largest absolute Gasteiger partial charge is 0.488 e. The number of hydrogen-bond donors (Lipinski definition) is 0. The molecule has 5 nitrogen and oxygen atoms in total. The van der Waals surface area contributed by atoms with Gasteiger partial charge in [-0.05, 0) is 18.9 Å². The van der Waals surface area contributed by atoms with Crippen molar-refractivity contribution in [1.82, 2.24) is 9.88 Å². The molecule has 1 fully saturated rings. The summed E-state index contributed by atoms with van der Waals surface area (Å²) in [7, 11) is 7.26. The third-order valence-corrected chi connectivity index (χ3v) is 2.77. The van der Waals surface area contributed by atoms with Crippen molar-refractivity contribution in [2.45, 2.75) is 18.9 Å². The summed E-state index contributed by atoms with van der Waals surface area (Å²) in [5, 5.41) is 0. The molecule has 0 aromatic carbocycles. The van der Waals surface area contributed by atoms with Crippen LogP contribution in [-0.4, -0.2) is 50.1 Å². The molecule has 18 heavy (non-hydrogen) atoms. The van der Waals surface area contributed by atoms with Gasteiger partial charge in [0, 0.05) is 28.2 Å². The second-order valence-electron chi connectivity index (χ2n) is 4.95. The number of rotatable bonds is 4. The molecular weight excluding hydrogens is 230 g/mol. The molecule has 1 saturated carbocycles. The SMILES string of the molecule is CN(C)C(=O)c1cc(N(C)C)ncc1OC1CC1. The molecule has 1 amide bonds. The van der Waals surface area contributed by atoms with Crippen LogP contribution in [0.2, 0.25) is 0 Å². The van der Waals surface area contributed by atoms with Gasteiger partial charge in [0.05, 0.1) is 17.9 Å². The van der Waals surface area contributed by atoms with Gasteiger partial charge in [-0.2, -0.15) is 0 Å². The lowest BCUT2D eigenvalue weighted by Gasteiger charge is -2.17. The van der Waals surface area contributed by atoms with E-state index in [1.807, 2.05) is 19.0 Å². The summed E-state index contributed by atoms with van der Waals surface area (Å²) in [6.45, 7) is 0. The Hall–Kier alpha value is -1.78. The lowest BCUT2D eigenvalue weighted by atomic mass is 10.2. The Kier molecular flexibility index (Phi) is 3.41. The first-order valence-electron chi connectivity index (χ1n) is 6.04. The number of ether oxygens (including phenoxy) is 1. The predicted molar refractivity (Wildman–Crippen MR) is 70.2 cm³/mol. The van der Waals surface area contributed by atoms with Gasteiger partial charge in [0.1, 0.15) is 5.82 Å². The maximum absolute atomic E-state index is 12.1. The molecule has 2 rings (SSSR count). The van der Waals surface area contributed by atoms with E-state index in [4.69, 9.17) is 4.74 Å². The van der Waals surface area contributed by atoms with E-state index >= 15 is 0 Å². The molecule has 0 N–H and O–H groups in total. The van der Waals surface area contributed by atoms with Gasteiger partial charge in [-0.25, -0.2) is 4.98 Å². The quantitative estimate of drug-likeness (QED) is 0.809. The molecule has 0 radical (unpaired) electrons. The van der Waals surface area contributed by atoms with E-state index in [-0.39, 0.29) is 12.0 Å². The molecule has 0 spiro atoms. The minimum absolute atomic E-state index is 0.0591. The summed E-state index contributed by atoms with van der Waals surface area (Å²) in [5.74, 6) is 1.28. The fourth-order valence-electron chi connectivity index (χ4n) is 1.54. The standard InChI is InChI=1S/C13H19N3O2/c1-15(2)12-7-10(13(17)16(3)4)11(8-14-12)18-9-5-6-9/h7-9H,5-6H2,1-4H3. The minimum Gasteiger partial charge on any atom is -0.488 e. The van der Waals surface area contributed by atoms with Gasteiger partial charge in [0.25, 0.3) is 5.91 Å². The number of carbonyl (C=O) groups is 1. The first-order chi connectivity index (χ1) is 8.49. The maximum atomic E-state index is 12.1. The highest BCUT2D eigenvalue weighted by Gasteiger charge is 2.26. The van der Waals surface area contributed by atoms with Gasteiger partial charge in [-0.1, -0.05) is 0 Å². The molecule has 1 heterocycles. The molecule has 1 aromatic rings. The average Bonchev–Trinajstić information content (AvgIpc) is 3.12. The molecule has 0 bridgehead atoms. The highest BCUT2D eigenvalue weighted by molar-refractivity contribution is 5.97. The molecule has 0 aliphatic heterocycles. The van der Waals surface area contributed by atoms with Gasteiger partial charge in [-0.3, -0.25) is 4.79 Å². The lowest BCUT2D eigenvalue weighted by molar-refractivity contribution is 0.0822. The van der Waals surface area contributed by atoms with Gasteiger partial charge in [0.15, 0.2) is 5.75 Å². The molecule has 1 aliphatic rings. The third-order valence-electron chi connectivity index (χ3n) is 2.77. The van der Waals surface area contributed by atoms with E-state index in [1.54, 1.807) is 31.3 Å². The fraction of sp³-hybridized carbons (Fsp3) is 0.538. The molecule has 0 saturated heterocycles. The Labute approximate surface area is 107 Å². The zero-order valence-corrected chi connectivity index (χ0v) is 11.3. The molecule has 1 aromatic heterocycles. The normalized spacial score (nSPS) is 14.2. The second kappa shape index (κ2) is 4.84. The van der Waals surface area contributed by atoms with Crippen LogP contribution in [0.1, 0.15) is 23.2 Å². The van der Waals surface area contributed by atoms with Crippen LogP contribution >= 0.6 is 0 Å². The molecule has 5 heteroatoms. The van der Waals surface area contributed by atoms with Crippen LogP contribution in [0.15, 0.2) is 12.3 Å². The number of hydrogen-bond acceptors (Lipinski definition) is 4. The van der Waals surface area contributed by atoms with E-state index in [2.05, 4.69) is 4.98 Å². The first-order valence-corrected chi connectivity index (χ1v) is 6.04. The van der Waals surface area contributed by atoms with E-state index < -0.39 is 0 Å². The van der Waals surface area contributed by atoms with Crippen molar-refractivity contribution in [3.63, 3.8) is 0 Å². The molecular formula is C13H19N3O2. The van der Waals surface area contributed by atoms with Crippen LogP contribution in [0.3, 0.4) is 0 Å². The Bertz CT molecular complexity index is 454. The number of pyridine rings is 1. The van der Waals surface area contributed by atoms with Crippen molar-refractivity contribution in [2.24, 2.45) is 0 Å². The Morgan fingerprint density at radius 2 is 2.00 bits per heavy atom. The summed E-state index contributed by atoms with van der Waals surface area (Å²) in [5.41, 5.74) is 0.575. The van der Waals surface area contributed by atoms with E-state index in [9.17, 15) is 4.79 Å². The molecule has 0 atom stereocenters. The van der Waals surface area contributed by atoms with Crippen LogP contribution < -0.4 is 9.64 Å². The third kappa shape index (κ3) is 2.72. The van der Waals surface area contributed by atoms with Crippen molar-refractivity contribution in [3.05, 3.63) is 17.8 Å². The van der Waals surface area contributed by atoms with Crippen LogP contribution in [0, 0.1) is 0 Å². The van der Waals surface area contributed by atoms with Gasteiger partial charge >= 0.3 is 0 Å². The zero-order valence-electron chi connectivity index (χ0n) is 11.3. The van der Waals surface area contributed by atoms with Gasteiger partial charge in [-0.15, -0.1) is 0 Å². The topological polar surface area (TPSA) is 45.7 Å². The number of carbonyl (C=O) groups excluding carboxylic acids is 1. The van der Waals surface area contributed by atoms with Crippen LogP contribution in [0.5, 0.6) is 5.75 Å². The Morgan fingerprint density at radius 1 is 1.33 bits per heavy atom. The maximum Gasteiger partial charge on any atom is 0.257 e. The van der Waals surface area contributed by atoms with Gasteiger partial charge in [0.2, 0.25) is 0 Å². The monoisotopic (exact) mass is 249 g/mol. The number of anilines is 1. The van der Waals surface area contributed by atoms with Crippen molar-refractivity contribution >= 4 is 11.7 Å². The van der Waals surface area contributed by atoms with E-state index in [0.29, 0.717) is 11.3 Å². The average molecular weight is 249 g/mol. The highest BCUT2D eigenvalue weighted by Crippen LogP contribution is 2.30. The Balaban J connectivity index is 2.35. The van der Waals surface area contributed by atoms with E-state index in [1.165, 1.54) is 0 Å². The van der Waals surface area contributed by atoms with Crippen molar-refractivity contribution in [1.29, 1.82) is 0 Å². The van der Waals surface area contributed by atoms with Crippen molar-refractivity contribution in [3.8, 4) is 5.75 Å². The zero-order chi connectivity index (χ0) is 13.3. The van der Waals surface area contributed by atoms with Crippen molar-refractivity contribution < 1.29 is 9.53 Å². The summed E-state index contributed by atoms with van der Waals surface area (Å²) in [6.07, 6.45) is 4.02. The number of amides is 1. The van der Waals surface area contributed by atoms with Gasteiger partial charge < -0.3 is 14.5 Å². The molecule has 98 valence electrons. The second-order valence-corrected chi connectivity index (χ2v) is 4.95. The number of nitrogens with zero attached hydrogens (tertiary/aromatic N) is 3. The van der Waals surface area contributed by atoms with Crippen LogP contribution in [0.25, 0.3) is 0 Å². The predicted octanol–water partition coefficient (Wildman–Crippen LogP) is 1.39. The fourth-order valence-corrected chi connectivity index (χ4v) is 1.54. The summed E-state index contributed by atoms with van der Waals surface area (Å²) < 4.78 is 5.73. The van der Waals surface area contributed by atoms with Crippen LogP contribution in [0.4, 0.5) is 5.82 Å². The number of aromatic nitrogens is 1. The Morgan fingerprint density at radius 3 is 2.50 bits per heavy atom. The summed E-state index contributed by atoms with van der Waals surface area (Å²) in [4.78, 5) is 19.9. The summed E-state index contributed by atoms with van der Waals surface area (Å²) in [6, 6.07) is 1.78. The highest BCUT2D eigenvalue weighted by atomic mass is 16.5. The van der Waals surface area contributed by atoms with E-state index in [0.717, 1.165) is 18.7 Å². The lowest BCUT2D eigenvalue weighted by Crippen LogP contribution is -2.23. The first kappa shape index (κ1) is 12.7. The smallest absolute Gasteiger partial charge is 0.257 e. The molecule has 1 aliphatic carbocycles. The minimum atomic E-state index is -0.0591. The molecule has 0 unspecified atom stereocenters.